The Labute approximate surface area is 310 Å². The van der Waals surface area contributed by atoms with Gasteiger partial charge in [0.2, 0.25) is 0 Å². The zero-order chi connectivity index (χ0) is 35.5. The fraction of sp³-hybridized carbons (Fsp3) is 0.100. The predicted octanol–water partition coefficient (Wildman–Crippen LogP) is 12.4. The van der Waals surface area contributed by atoms with Crippen molar-refractivity contribution in [3.8, 4) is 45.0 Å². The Bertz CT molecular complexity index is 2750. The monoisotopic (exact) mass is 679 g/mol. The highest BCUT2D eigenvalue weighted by molar-refractivity contribution is 6.05. The Morgan fingerprint density at radius 3 is 2.08 bits per heavy atom. The molecule has 252 valence electrons. The molecule has 1 unspecified atom stereocenters. The van der Waals surface area contributed by atoms with Crippen molar-refractivity contribution in [2.24, 2.45) is 0 Å². The van der Waals surface area contributed by atoms with Gasteiger partial charge in [0.05, 0.1) is 5.41 Å². The van der Waals surface area contributed by atoms with E-state index in [4.69, 9.17) is 15.0 Å². The van der Waals surface area contributed by atoms with Gasteiger partial charge in [-0.2, -0.15) is 0 Å². The summed E-state index contributed by atoms with van der Waals surface area (Å²) >= 11 is 0. The van der Waals surface area contributed by atoms with Crippen molar-refractivity contribution in [3.63, 3.8) is 0 Å². The summed E-state index contributed by atoms with van der Waals surface area (Å²) in [6, 6.07) is 48.5. The molecule has 1 aromatic heterocycles. The molecule has 0 amide bonds. The van der Waals surface area contributed by atoms with Crippen LogP contribution in [-0.2, 0) is 5.41 Å². The predicted molar refractivity (Wildman–Crippen MR) is 219 cm³/mol. The molecule has 0 N–H and O–H groups in total. The van der Waals surface area contributed by atoms with Crippen LogP contribution >= 0.6 is 0 Å². The average Bonchev–Trinajstić information content (AvgIpc) is 3.69. The fourth-order valence-corrected chi connectivity index (χ4v) is 9.07. The van der Waals surface area contributed by atoms with Crippen LogP contribution in [0, 0.1) is 0 Å². The van der Waals surface area contributed by atoms with E-state index in [9.17, 15) is 0 Å². The molecule has 1 atom stereocenters. The summed E-state index contributed by atoms with van der Waals surface area (Å²) < 4.78 is 0. The van der Waals surface area contributed by atoms with Gasteiger partial charge in [-0.1, -0.05) is 158 Å². The first-order valence-electron chi connectivity index (χ1n) is 18.6. The summed E-state index contributed by atoms with van der Waals surface area (Å²) in [5.74, 6) is 1.97. The minimum absolute atomic E-state index is 0.379. The van der Waals surface area contributed by atoms with Gasteiger partial charge in [0.1, 0.15) is 0 Å². The summed E-state index contributed by atoms with van der Waals surface area (Å²) in [4.78, 5) is 15.5. The second-order valence-corrected chi connectivity index (χ2v) is 14.0. The molecule has 3 heteroatoms. The lowest BCUT2D eigenvalue weighted by Gasteiger charge is -2.32. The van der Waals surface area contributed by atoms with E-state index in [-0.39, 0.29) is 5.41 Å². The van der Waals surface area contributed by atoms with E-state index < -0.39 is 0 Å². The second-order valence-electron chi connectivity index (χ2n) is 14.0. The summed E-state index contributed by atoms with van der Waals surface area (Å²) in [6.07, 6.45) is 13.3. The molecule has 0 fully saturated rings. The van der Waals surface area contributed by atoms with E-state index in [1.165, 1.54) is 44.5 Å². The van der Waals surface area contributed by atoms with Crippen LogP contribution in [0.15, 0.2) is 169 Å². The SMILES string of the molecule is C/C=C\C(=C/C)c1nc(-c2ccccc2)nc(-c2c(-c3ccc4c(c3)C3(C5=CCCC=C5c5ccccc53)c3ccccc3-4)ccc3ccccc23)n1. The van der Waals surface area contributed by atoms with Gasteiger partial charge in [-0.25, -0.2) is 15.0 Å². The highest BCUT2D eigenvalue weighted by Crippen LogP contribution is 2.64. The van der Waals surface area contributed by atoms with Crippen LogP contribution in [0.3, 0.4) is 0 Å². The molecule has 7 aromatic rings. The Morgan fingerprint density at radius 2 is 1.25 bits per heavy atom. The Balaban J connectivity index is 1.26. The molecular weight excluding hydrogens is 643 g/mol. The number of fused-ring (bicyclic) bond motifs is 11. The van der Waals surface area contributed by atoms with Crippen molar-refractivity contribution < 1.29 is 0 Å². The molecular formula is C50H37N3. The summed E-state index contributed by atoms with van der Waals surface area (Å²) in [5.41, 5.74) is 15.6. The van der Waals surface area contributed by atoms with Crippen LogP contribution < -0.4 is 0 Å². The van der Waals surface area contributed by atoms with Crippen LogP contribution in [0.5, 0.6) is 0 Å². The lowest BCUT2D eigenvalue weighted by Crippen LogP contribution is -2.26. The number of aromatic nitrogens is 3. The highest BCUT2D eigenvalue weighted by Gasteiger charge is 2.53. The Hall–Kier alpha value is -6.45. The van der Waals surface area contributed by atoms with Crippen LogP contribution in [0.25, 0.3) is 66.9 Å². The number of hydrogen-bond donors (Lipinski definition) is 0. The zero-order valence-electron chi connectivity index (χ0n) is 29.8. The molecule has 0 saturated carbocycles. The Kier molecular flexibility index (Phi) is 7.29. The first-order chi connectivity index (χ1) is 26.2. The largest absolute Gasteiger partial charge is 0.208 e. The standard InChI is InChI=1S/C50H37N3/c1-3-16-32(4-2)47-51-48(34-18-6-5-7-19-34)53-49(52-47)46-36-20-9-8-17-33(36)27-29-37(46)35-28-30-41-40-23-12-15-26-44(40)50(45(41)31-35)42-24-13-10-21-38(42)39-22-11-14-25-43(39)50/h3-10,12-13,15-31H,11,14H2,1-2H3/b16-3-,32-4+. The van der Waals surface area contributed by atoms with Crippen molar-refractivity contribution >= 4 is 21.9 Å². The maximum atomic E-state index is 5.26. The van der Waals surface area contributed by atoms with E-state index in [0.29, 0.717) is 17.5 Å². The van der Waals surface area contributed by atoms with Crippen LogP contribution in [0.2, 0.25) is 0 Å². The minimum atomic E-state index is -0.379. The zero-order valence-corrected chi connectivity index (χ0v) is 29.8. The number of nitrogens with zero attached hydrogens (tertiary/aromatic N) is 3. The number of allylic oxidation sites excluding steroid dienone is 8. The van der Waals surface area contributed by atoms with Crippen molar-refractivity contribution in [2.45, 2.75) is 32.1 Å². The summed E-state index contributed by atoms with van der Waals surface area (Å²) in [6.45, 7) is 4.06. The third-order valence-corrected chi connectivity index (χ3v) is 11.3. The van der Waals surface area contributed by atoms with Gasteiger partial charge in [-0.3, -0.25) is 0 Å². The molecule has 6 aromatic carbocycles. The van der Waals surface area contributed by atoms with Gasteiger partial charge in [-0.15, -0.1) is 0 Å². The quantitative estimate of drug-likeness (QED) is 0.170. The van der Waals surface area contributed by atoms with E-state index in [2.05, 4.69) is 140 Å². The van der Waals surface area contributed by atoms with E-state index >= 15 is 0 Å². The Morgan fingerprint density at radius 1 is 0.566 bits per heavy atom. The van der Waals surface area contributed by atoms with Gasteiger partial charge in [0.25, 0.3) is 0 Å². The lowest BCUT2D eigenvalue weighted by molar-refractivity contribution is 0.782. The third-order valence-electron chi connectivity index (χ3n) is 11.3. The number of benzene rings is 6. The van der Waals surface area contributed by atoms with Gasteiger partial charge in [0.15, 0.2) is 17.5 Å². The van der Waals surface area contributed by atoms with E-state index in [1.54, 1.807) is 0 Å². The maximum absolute atomic E-state index is 5.26. The maximum Gasteiger partial charge on any atom is 0.165 e. The van der Waals surface area contributed by atoms with E-state index in [0.717, 1.165) is 51.4 Å². The van der Waals surface area contributed by atoms with Gasteiger partial charge in [-0.05, 0) is 99.2 Å². The molecule has 53 heavy (non-hydrogen) atoms. The molecule has 1 heterocycles. The van der Waals surface area contributed by atoms with Crippen molar-refractivity contribution in [2.75, 3.05) is 0 Å². The highest BCUT2D eigenvalue weighted by atomic mass is 15.0. The molecule has 1 spiro atoms. The van der Waals surface area contributed by atoms with Crippen molar-refractivity contribution in [1.82, 2.24) is 15.0 Å². The molecule has 0 bridgehead atoms. The van der Waals surface area contributed by atoms with E-state index in [1.807, 2.05) is 38.1 Å². The summed E-state index contributed by atoms with van der Waals surface area (Å²) in [5, 5.41) is 2.25. The normalized spacial score (nSPS) is 17.1. The smallest absolute Gasteiger partial charge is 0.165 e. The lowest BCUT2D eigenvalue weighted by atomic mass is 9.69. The van der Waals surface area contributed by atoms with Gasteiger partial charge in [0, 0.05) is 16.7 Å². The molecule has 3 nitrogen and oxygen atoms in total. The molecule has 0 saturated heterocycles. The van der Waals surface area contributed by atoms with Gasteiger partial charge < -0.3 is 0 Å². The van der Waals surface area contributed by atoms with Crippen molar-refractivity contribution in [3.05, 3.63) is 197 Å². The molecule has 10 rings (SSSR count). The number of rotatable bonds is 5. The summed E-state index contributed by atoms with van der Waals surface area (Å²) in [7, 11) is 0. The first kappa shape index (κ1) is 31.3. The molecule has 3 aliphatic rings. The fourth-order valence-electron chi connectivity index (χ4n) is 9.07. The van der Waals surface area contributed by atoms with Gasteiger partial charge >= 0.3 is 0 Å². The van der Waals surface area contributed by atoms with Crippen LogP contribution in [0.4, 0.5) is 0 Å². The first-order valence-corrected chi connectivity index (χ1v) is 18.6. The number of hydrogen-bond acceptors (Lipinski definition) is 3. The van der Waals surface area contributed by atoms with Crippen LogP contribution in [0.1, 0.15) is 54.8 Å². The molecule has 0 aliphatic heterocycles. The second kappa shape index (κ2) is 12.4. The topological polar surface area (TPSA) is 38.7 Å². The van der Waals surface area contributed by atoms with Crippen molar-refractivity contribution in [1.29, 1.82) is 0 Å². The molecule has 0 radical (unpaired) electrons. The van der Waals surface area contributed by atoms with Crippen LogP contribution in [-0.4, -0.2) is 15.0 Å². The molecule has 3 aliphatic carbocycles. The third kappa shape index (κ3) is 4.63. The minimum Gasteiger partial charge on any atom is -0.208 e. The average molecular weight is 680 g/mol.